The Morgan fingerprint density at radius 3 is 2.50 bits per heavy atom. The predicted molar refractivity (Wildman–Crippen MR) is 85.4 cm³/mol. The van der Waals surface area contributed by atoms with Gasteiger partial charge < -0.3 is 9.84 Å². The molecule has 1 heterocycles. The maximum absolute atomic E-state index is 10.9. The maximum atomic E-state index is 10.9. The molecule has 3 aromatic rings. The Kier molecular flexibility index (Phi) is 3.51. The van der Waals surface area contributed by atoms with Crippen LogP contribution in [0, 0.1) is 6.92 Å². The summed E-state index contributed by atoms with van der Waals surface area (Å²) in [6.07, 6.45) is 1.81. The van der Waals surface area contributed by atoms with Crippen LogP contribution >= 0.6 is 0 Å². The second-order valence-electron chi connectivity index (χ2n) is 5.07. The van der Waals surface area contributed by atoms with Gasteiger partial charge in [-0.15, -0.1) is 0 Å². The summed E-state index contributed by atoms with van der Waals surface area (Å²) in [6, 6.07) is 12.6. The molecule has 4 nitrogen and oxygen atoms in total. The first-order valence-corrected chi connectivity index (χ1v) is 6.87. The Morgan fingerprint density at radius 1 is 1.14 bits per heavy atom. The van der Waals surface area contributed by atoms with Crippen molar-refractivity contribution in [2.75, 3.05) is 7.11 Å². The molecule has 0 aliphatic rings. The van der Waals surface area contributed by atoms with Crippen LogP contribution in [0.15, 0.2) is 48.7 Å². The highest BCUT2D eigenvalue weighted by atomic mass is 16.5. The van der Waals surface area contributed by atoms with Gasteiger partial charge in [0.25, 0.3) is 0 Å². The van der Waals surface area contributed by atoms with E-state index >= 15 is 0 Å². The largest absolute Gasteiger partial charge is 0.497 e. The normalized spacial score (nSPS) is 10.6. The second kappa shape index (κ2) is 5.48. The van der Waals surface area contributed by atoms with Crippen LogP contribution in [0.2, 0.25) is 0 Å². The molecule has 0 saturated carbocycles. The smallest absolute Gasteiger partial charge is 0.335 e. The van der Waals surface area contributed by atoms with E-state index in [2.05, 4.69) is 4.98 Å². The lowest BCUT2D eigenvalue weighted by atomic mass is 10.00. The number of pyridine rings is 1. The van der Waals surface area contributed by atoms with Crippen LogP contribution in [0.5, 0.6) is 5.75 Å². The van der Waals surface area contributed by atoms with E-state index in [4.69, 9.17) is 9.84 Å². The number of benzene rings is 2. The molecule has 0 aliphatic heterocycles. The number of fused-ring (bicyclic) bond motifs is 1. The van der Waals surface area contributed by atoms with Crippen molar-refractivity contribution in [3.63, 3.8) is 0 Å². The minimum Gasteiger partial charge on any atom is -0.497 e. The fraction of sp³-hybridized carbons (Fsp3) is 0.111. The highest BCUT2D eigenvalue weighted by Gasteiger charge is 2.09. The fourth-order valence-electron chi connectivity index (χ4n) is 2.54. The number of aromatic nitrogens is 1. The van der Waals surface area contributed by atoms with E-state index in [1.165, 1.54) is 0 Å². The van der Waals surface area contributed by atoms with Gasteiger partial charge in [-0.05, 0) is 42.1 Å². The Hall–Kier alpha value is -2.88. The van der Waals surface area contributed by atoms with E-state index in [0.717, 1.165) is 33.3 Å². The third-order valence-electron chi connectivity index (χ3n) is 3.76. The van der Waals surface area contributed by atoms with Crippen LogP contribution in [0.4, 0.5) is 0 Å². The summed E-state index contributed by atoms with van der Waals surface area (Å²) >= 11 is 0. The van der Waals surface area contributed by atoms with Crippen LogP contribution in [0.25, 0.3) is 22.0 Å². The molecule has 0 bridgehead atoms. The van der Waals surface area contributed by atoms with Crippen LogP contribution in [-0.2, 0) is 0 Å². The number of carboxylic acid groups (broad SMARTS) is 1. The van der Waals surface area contributed by atoms with Crippen molar-refractivity contribution in [1.82, 2.24) is 4.98 Å². The average molecular weight is 293 g/mol. The van der Waals surface area contributed by atoms with Crippen molar-refractivity contribution in [2.45, 2.75) is 6.92 Å². The summed E-state index contributed by atoms with van der Waals surface area (Å²) in [6.45, 7) is 2.02. The molecular formula is C18H15NO3. The van der Waals surface area contributed by atoms with Crippen LogP contribution in [-0.4, -0.2) is 23.2 Å². The Labute approximate surface area is 128 Å². The van der Waals surface area contributed by atoms with Gasteiger partial charge in [-0.3, -0.25) is 4.98 Å². The van der Waals surface area contributed by atoms with E-state index in [9.17, 15) is 4.79 Å². The maximum Gasteiger partial charge on any atom is 0.335 e. The van der Waals surface area contributed by atoms with E-state index in [-0.39, 0.29) is 5.56 Å². The van der Waals surface area contributed by atoms with Crippen LogP contribution in [0.3, 0.4) is 0 Å². The molecule has 4 heteroatoms. The summed E-state index contributed by atoms with van der Waals surface area (Å²) in [5.74, 6) is -0.130. The van der Waals surface area contributed by atoms with Gasteiger partial charge in [0, 0.05) is 17.1 Å². The summed E-state index contributed by atoms with van der Waals surface area (Å²) < 4.78 is 5.23. The van der Waals surface area contributed by atoms with Gasteiger partial charge in [-0.1, -0.05) is 18.2 Å². The Morgan fingerprint density at radius 2 is 1.86 bits per heavy atom. The highest BCUT2D eigenvalue weighted by Crippen LogP contribution is 2.29. The topological polar surface area (TPSA) is 59.4 Å². The molecule has 0 aliphatic carbocycles. The first kappa shape index (κ1) is 14.1. The predicted octanol–water partition coefficient (Wildman–Crippen LogP) is 3.92. The molecule has 2 aromatic carbocycles. The second-order valence-corrected chi connectivity index (χ2v) is 5.07. The van der Waals surface area contributed by atoms with Gasteiger partial charge in [0.2, 0.25) is 0 Å². The standard InChI is InChI=1S/C18H15NO3/c1-11-16-8-7-15(22-2)9-14(16)10-19-17(11)12-3-5-13(6-4-12)18(20)21/h3-10H,1-2H3,(H,20,21). The van der Waals surface area contributed by atoms with Gasteiger partial charge in [-0.2, -0.15) is 0 Å². The van der Waals surface area contributed by atoms with Crippen molar-refractivity contribution >= 4 is 16.7 Å². The molecule has 0 unspecified atom stereocenters. The zero-order valence-corrected chi connectivity index (χ0v) is 12.3. The first-order valence-electron chi connectivity index (χ1n) is 6.87. The molecule has 0 spiro atoms. The molecule has 3 rings (SSSR count). The van der Waals surface area contributed by atoms with Crippen molar-refractivity contribution in [1.29, 1.82) is 0 Å². The molecule has 0 saturated heterocycles. The van der Waals surface area contributed by atoms with Gasteiger partial charge in [0.05, 0.1) is 18.4 Å². The Bertz CT molecular complexity index is 854. The zero-order chi connectivity index (χ0) is 15.7. The Balaban J connectivity index is 2.11. The lowest BCUT2D eigenvalue weighted by Crippen LogP contribution is -1.96. The van der Waals surface area contributed by atoms with Crippen molar-refractivity contribution < 1.29 is 14.6 Å². The van der Waals surface area contributed by atoms with Gasteiger partial charge in [0.1, 0.15) is 5.75 Å². The van der Waals surface area contributed by atoms with Crippen molar-refractivity contribution in [3.05, 3.63) is 59.8 Å². The summed E-state index contributed by atoms with van der Waals surface area (Å²) in [4.78, 5) is 15.4. The molecular weight excluding hydrogens is 278 g/mol. The zero-order valence-electron chi connectivity index (χ0n) is 12.3. The van der Waals surface area contributed by atoms with Crippen molar-refractivity contribution in [3.8, 4) is 17.0 Å². The molecule has 0 radical (unpaired) electrons. The molecule has 22 heavy (non-hydrogen) atoms. The SMILES string of the molecule is COc1ccc2c(C)c(-c3ccc(C(=O)O)cc3)ncc2c1. The summed E-state index contributed by atoms with van der Waals surface area (Å²) in [5, 5.41) is 11.1. The molecule has 1 aromatic heterocycles. The van der Waals surface area contributed by atoms with Gasteiger partial charge in [-0.25, -0.2) is 4.79 Å². The number of ether oxygens (including phenoxy) is 1. The number of aryl methyl sites for hydroxylation is 1. The minimum absolute atomic E-state index is 0.270. The van der Waals surface area contributed by atoms with E-state index in [1.54, 1.807) is 31.4 Å². The van der Waals surface area contributed by atoms with E-state index < -0.39 is 5.97 Å². The van der Waals surface area contributed by atoms with Crippen LogP contribution < -0.4 is 4.74 Å². The number of hydrogen-bond donors (Lipinski definition) is 1. The first-order chi connectivity index (χ1) is 10.6. The van der Waals surface area contributed by atoms with Crippen molar-refractivity contribution in [2.24, 2.45) is 0 Å². The molecule has 110 valence electrons. The lowest BCUT2D eigenvalue weighted by Gasteiger charge is -2.10. The average Bonchev–Trinajstić information content (AvgIpc) is 2.55. The number of rotatable bonds is 3. The van der Waals surface area contributed by atoms with Gasteiger partial charge >= 0.3 is 5.97 Å². The monoisotopic (exact) mass is 293 g/mol. The third-order valence-corrected chi connectivity index (χ3v) is 3.76. The molecule has 0 fully saturated rings. The van der Waals surface area contributed by atoms with E-state index in [1.807, 2.05) is 31.3 Å². The van der Waals surface area contributed by atoms with E-state index in [0.29, 0.717) is 0 Å². The number of carbonyl (C=O) groups is 1. The number of hydrogen-bond acceptors (Lipinski definition) is 3. The fourth-order valence-corrected chi connectivity index (χ4v) is 2.54. The minimum atomic E-state index is -0.929. The molecule has 0 amide bonds. The highest BCUT2D eigenvalue weighted by molar-refractivity contribution is 5.91. The van der Waals surface area contributed by atoms with Gasteiger partial charge in [0.15, 0.2) is 0 Å². The molecule has 1 N–H and O–H groups in total. The summed E-state index contributed by atoms with van der Waals surface area (Å²) in [5.41, 5.74) is 3.09. The number of aromatic carboxylic acids is 1. The quantitative estimate of drug-likeness (QED) is 0.795. The number of nitrogens with zero attached hydrogens (tertiary/aromatic N) is 1. The lowest BCUT2D eigenvalue weighted by molar-refractivity contribution is 0.0697. The van der Waals surface area contributed by atoms with Crippen LogP contribution in [0.1, 0.15) is 15.9 Å². The summed E-state index contributed by atoms with van der Waals surface area (Å²) in [7, 11) is 1.64. The molecule has 0 atom stereocenters. The number of carboxylic acids is 1. The third kappa shape index (κ3) is 2.39. The number of methoxy groups -OCH3 is 1.